The van der Waals surface area contributed by atoms with Crippen LogP contribution < -0.4 is 0 Å². The number of benzene rings is 1. The van der Waals surface area contributed by atoms with Gasteiger partial charge >= 0.3 is 11.9 Å². The SMILES string of the molecule is O=C(O)C(F)(F)Cc1ccc2nc[nH]c2c1. The number of carboxylic acids is 1. The van der Waals surface area contributed by atoms with Crippen LogP contribution in [-0.4, -0.2) is 27.0 Å². The molecule has 84 valence electrons. The lowest BCUT2D eigenvalue weighted by Crippen LogP contribution is -2.30. The highest BCUT2D eigenvalue weighted by molar-refractivity contribution is 5.77. The van der Waals surface area contributed by atoms with Crippen molar-refractivity contribution >= 4 is 17.0 Å². The lowest BCUT2D eigenvalue weighted by molar-refractivity contribution is -0.164. The molecule has 0 aliphatic carbocycles. The Morgan fingerprint density at radius 3 is 2.94 bits per heavy atom. The van der Waals surface area contributed by atoms with Gasteiger partial charge in [-0.1, -0.05) is 6.07 Å². The summed E-state index contributed by atoms with van der Waals surface area (Å²) in [5, 5.41) is 8.31. The van der Waals surface area contributed by atoms with E-state index in [1.165, 1.54) is 18.5 Å². The van der Waals surface area contributed by atoms with Gasteiger partial charge in [0.1, 0.15) is 0 Å². The molecule has 0 atom stereocenters. The maximum atomic E-state index is 12.9. The summed E-state index contributed by atoms with van der Waals surface area (Å²) >= 11 is 0. The Morgan fingerprint density at radius 1 is 1.50 bits per heavy atom. The molecular weight excluding hydrogens is 218 g/mol. The Kier molecular flexibility index (Phi) is 2.34. The van der Waals surface area contributed by atoms with Gasteiger partial charge in [-0.15, -0.1) is 0 Å². The lowest BCUT2D eigenvalue weighted by Gasteiger charge is -2.10. The number of imidazole rings is 1. The number of halogens is 2. The number of aromatic nitrogens is 2. The van der Waals surface area contributed by atoms with E-state index in [-0.39, 0.29) is 5.56 Å². The molecular formula is C10H8F2N2O2. The summed E-state index contributed by atoms with van der Waals surface area (Å²) < 4.78 is 25.9. The van der Waals surface area contributed by atoms with Gasteiger partial charge in [-0.2, -0.15) is 8.78 Å². The quantitative estimate of drug-likeness (QED) is 0.838. The summed E-state index contributed by atoms with van der Waals surface area (Å²) in [7, 11) is 0. The minimum Gasteiger partial charge on any atom is -0.477 e. The number of aliphatic carboxylic acids is 1. The van der Waals surface area contributed by atoms with Gasteiger partial charge in [0.05, 0.1) is 17.4 Å². The van der Waals surface area contributed by atoms with Gasteiger partial charge in [0.2, 0.25) is 0 Å². The molecule has 0 fully saturated rings. The summed E-state index contributed by atoms with van der Waals surface area (Å²) in [5.41, 5.74) is 1.52. The van der Waals surface area contributed by atoms with Crippen molar-refractivity contribution in [2.24, 2.45) is 0 Å². The first-order chi connectivity index (χ1) is 7.49. The molecule has 0 saturated heterocycles. The van der Waals surface area contributed by atoms with Gasteiger partial charge in [0.25, 0.3) is 0 Å². The van der Waals surface area contributed by atoms with E-state index in [1.807, 2.05) is 0 Å². The van der Waals surface area contributed by atoms with Crippen molar-refractivity contribution in [3.05, 3.63) is 30.1 Å². The van der Waals surface area contributed by atoms with Crippen LogP contribution in [0.15, 0.2) is 24.5 Å². The zero-order valence-corrected chi connectivity index (χ0v) is 8.08. The number of alkyl halides is 2. The van der Waals surface area contributed by atoms with Crippen molar-refractivity contribution in [1.29, 1.82) is 0 Å². The Hall–Kier alpha value is -1.98. The monoisotopic (exact) mass is 226 g/mol. The second-order valence-electron chi connectivity index (χ2n) is 3.44. The molecule has 16 heavy (non-hydrogen) atoms. The van der Waals surface area contributed by atoms with Gasteiger partial charge in [-0.05, 0) is 17.7 Å². The Morgan fingerprint density at radius 2 is 2.25 bits per heavy atom. The molecule has 1 aromatic heterocycles. The van der Waals surface area contributed by atoms with E-state index in [1.54, 1.807) is 6.07 Å². The molecule has 0 unspecified atom stereocenters. The molecule has 2 N–H and O–H groups in total. The van der Waals surface area contributed by atoms with E-state index in [0.29, 0.717) is 11.0 Å². The molecule has 0 bridgehead atoms. The summed E-state index contributed by atoms with van der Waals surface area (Å²) in [6.45, 7) is 0. The third-order valence-corrected chi connectivity index (χ3v) is 2.22. The van der Waals surface area contributed by atoms with E-state index < -0.39 is 18.3 Å². The molecule has 0 aliphatic heterocycles. The highest BCUT2D eigenvalue weighted by atomic mass is 19.3. The van der Waals surface area contributed by atoms with Crippen molar-refractivity contribution in [2.45, 2.75) is 12.3 Å². The second kappa shape index (κ2) is 3.55. The summed E-state index contributed by atoms with van der Waals surface area (Å²) in [4.78, 5) is 17.0. The number of aromatic amines is 1. The number of carboxylic acid groups (broad SMARTS) is 1. The highest BCUT2D eigenvalue weighted by Gasteiger charge is 2.38. The maximum Gasteiger partial charge on any atom is 0.374 e. The van der Waals surface area contributed by atoms with Gasteiger partial charge in [0.15, 0.2) is 0 Å². The zero-order valence-electron chi connectivity index (χ0n) is 8.08. The average Bonchev–Trinajstić information content (AvgIpc) is 2.63. The predicted molar refractivity (Wildman–Crippen MR) is 52.4 cm³/mol. The van der Waals surface area contributed by atoms with Gasteiger partial charge in [-0.25, -0.2) is 9.78 Å². The number of H-pyrrole nitrogens is 1. The number of hydrogen-bond donors (Lipinski definition) is 2. The van der Waals surface area contributed by atoms with Crippen molar-refractivity contribution in [1.82, 2.24) is 9.97 Å². The number of carbonyl (C=O) groups is 1. The topological polar surface area (TPSA) is 66.0 Å². The first-order valence-corrected chi connectivity index (χ1v) is 4.52. The fraction of sp³-hybridized carbons (Fsp3) is 0.200. The molecule has 1 aromatic carbocycles. The lowest BCUT2D eigenvalue weighted by atomic mass is 10.1. The van der Waals surface area contributed by atoms with Crippen LogP contribution in [0.2, 0.25) is 0 Å². The summed E-state index contributed by atoms with van der Waals surface area (Å²) in [5.74, 6) is -5.86. The number of rotatable bonds is 3. The van der Waals surface area contributed by atoms with Crippen molar-refractivity contribution in [3.8, 4) is 0 Å². The molecule has 6 heteroatoms. The molecule has 2 aromatic rings. The Labute approximate surface area is 88.9 Å². The predicted octanol–water partition coefficient (Wildman–Crippen LogP) is 1.83. The second-order valence-corrected chi connectivity index (χ2v) is 3.44. The third kappa shape index (κ3) is 1.86. The normalized spacial score (nSPS) is 11.9. The van der Waals surface area contributed by atoms with Gasteiger partial charge in [-0.3, -0.25) is 0 Å². The van der Waals surface area contributed by atoms with Crippen LogP contribution in [0.3, 0.4) is 0 Å². The fourth-order valence-electron chi connectivity index (χ4n) is 1.42. The highest BCUT2D eigenvalue weighted by Crippen LogP contribution is 2.22. The van der Waals surface area contributed by atoms with E-state index >= 15 is 0 Å². The molecule has 0 amide bonds. The van der Waals surface area contributed by atoms with Crippen LogP contribution in [0.1, 0.15) is 5.56 Å². The average molecular weight is 226 g/mol. The smallest absolute Gasteiger partial charge is 0.374 e. The zero-order chi connectivity index (χ0) is 11.8. The van der Waals surface area contributed by atoms with E-state index in [4.69, 9.17) is 5.11 Å². The molecule has 2 rings (SSSR count). The minimum absolute atomic E-state index is 0.254. The first kappa shape index (κ1) is 10.5. The van der Waals surface area contributed by atoms with Crippen LogP contribution in [-0.2, 0) is 11.2 Å². The third-order valence-electron chi connectivity index (χ3n) is 2.22. The van der Waals surface area contributed by atoms with Crippen LogP contribution in [0.5, 0.6) is 0 Å². The first-order valence-electron chi connectivity index (χ1n) is 4.52. The standard InChI is InChI=1S/C10H8F2N2O2/c11-10(12,9(15)16)4-6-1-2-7-8(3-6)14-5-13-7/h1-3,5H,4H2,(H,13,14)(H,15,16). The maximum absolute atomic E-state index is 12.9. The van der Waals surface area contributed by atoms with E-state index in [2.05, 4.69) is 9.97 Å². The minimum atomic E-state index is -3.74. The van der Waals surface area contributed by atoms with Crippen LogP contribution >= 0.6 is 0 Å². The van der Waals surface area contributed by atoms with Crippen LogP contribution in [0.25, 0.3) is 11.0 Å². The molecule has 4 nitrogen and oxygen atoms in total. The fourth-order valence-corrected chi connectivity index (χ4v) is 1.42. The van der Waals surface area contributed by atoms with Crippen molar-refractivity contribution < 1.29 is 18.7 Å². The molecule has 0 saturated carbocycles. The summed E-state index contributed by atoms with van der Waals surface area (Å²) in [6, 6.07) is 4.48. The number of nitrogens with one attached hydrogen (secondary N) is 1. The van der Waals surface area contributed by atoms with Crippen molar-refractivity contribution in [3.63, 3.8) is 0 Å². The number of nitrogens with zero attached hydrogens (tertiary/aromatic N) is 1. The van der Waals surface area contributed by atoms with Crippen LogP contribution in [0, 0.1) is 0 Å². The molecule has 0 spiro atoms. The number of fused-ring (bicyclic) bond motifs is 1. The van der Waals surface area contributed by atoms with Gasteiger partial charge < -0.3 is 10.1 Å². The van der Waals surface area contributed by atoms with E-state index in [9.17, 15) is 13.6 Å². The largest absolute Gasteiger partial charge is 0.477 e. The Balaban J connectivity index is 2.30. The molecule has 1 heterocycles. The molecule has 0 radical (unpaired) electrons. The summed E-state index contributed by atoms with van der Waals surface area (Å²) in [6.07, 6.45) is 0.626. The van der Waals surface area contributed by atoms with Gasteiger partial charge in [0, 0.05) is 6.42 Å². The van der Waals surface area contributed by atoms with E-state index in [0.717, 1.165) is 0 Å². The van der Waals surface area contributed by atoms with Crippen molar-refractivity contribution in [2.75, 3.05) is 0 Å². The Bertz CT molecular complexity index is 536. The molecule has 0 aliphatic rings. The number of hydrogen-bond acceptors (Lipinski definition) is 2. The van der Waals surface area contributed by atoms with Crippen LogP contribution in [0.4, 0.5) is 8.78 Å².